The minimum Gasteiger partial charge on any atom is -0.465 e. The monoisotopic (exact) mass is 200 g/mol. The molecule has 1 saturated carbocycles. The first-order chi connectivity index (χ1) is 7.22. The highest BCUT2D eigenvalue weighted by Gasteiger charge is 2.42. The summed E-state index contributed by atoms with van der Waals surface area (Å²) in [7, 11) is 1.38. The summed E-state index contributed by atoms with van der Waals surface area (Å²) in [6, 6.07) is 7.36. The molecule has 0 amide bonds. The topological polar surface area (TPSA) is 26.3 Å². The van der Waals surface area contributed by atoms with Gasteiger partial charge in [0.05, 0.1) is 18.1 Å². The van der Waals surface area contributed by atoms with Crippen LogP contribution in [0.2, 0.25) is 0 Å². The molecule has 0 heterocycles. The Kier molecular flexibility index (Phi) is 2.24. The number of rotatable bonds is 2. The number of carbonyl (C=O) groups excluding carboxylic acids is 1. The summed E-state index contributed by atoms with van der Waals surface area (Å²) in [6.45, 7) is 0. The van der Waals surface area contributed by atoms with Gasteiger partial charge in [-0.05, 0) is 30.5 Å². The fraction of sp³-hybridized carbons (Fsp3) is 0.308. The van der Waals surface area contributed by atoms with Gasteiger partial charge < -0.3 is 4.74 Å². The van der Waals surface area contributed by atoms with Crippen LogP contribution in [0.4, 0.5) is 0 Å². The zero-order valence-corrected chi connectivity index (χ0v) is 8.62. The number of esters is 1. The lowest BCUT2D eigenvalue weighted by molar-refractivity contribution is 0.0600. The van der Waals surface area contributed by atoms with Gasteiger partial charge in [-0.25, -0.2) is 4.79 Å². The molecule has 0 unspecified atom stereocenters. The van der Waals surface area contributed by atoms with E-state index in [0.717, 1.165) is 18.4 Å². The standard InChI is InChI=1S/C13H12O2/c1-3-13(8-9-13)11-6-4-10(5-7-11)12(14)15-2/h1,4-7H,8-9H2,2H3. The Morgan fingerprint density at radius 1 is 1.40 bits per heavy atom. The number of terminal acetylenes is 1. The SMILES string of the molecule is C#CC1(c2ccc(C(=O)OC)cc2)CC1. The first-order valence-electron chi connectivity index (χ1n) is 4.88. The number of hydrogen-bond donors (Lipinski definition) is 0. The molecule has 0 aliphatic heterocycles. The molecule has 15 heavy (non-hydrogen) atoms. The highest BCUT2D eigenvalue weighted by Crippen LogP contribution is 2.47. The van der Waals surface area contributed by atoms with Crippen molar-refractivity contribution in [3.05, 3.63) is 35.4 Å². The summed E-state index contributed by atoms with van der Waals surface area (Å²) in [5.74, 6) is 2.50. The lowest BCUT2D eigenvalue weighted by Crippen LogP contribution is -2.05. The van der Waals surface area contributed by atoms with E-state index >= 15 is 0 Å². The zero-order valence-electron chi connectivity index (χ0n) is 8.62. The number of hydrogen-bond acceptors (Lipinski definition) is 2. The highest BCUT2D eigenvalue weighted by molar-refractivity contribution is 5.89. The average molecular weight is 200 g/mol. The molecule has 2 nitrogen and oxygen atoms in total. The molecule has 2 heteroatoms. The van der Waals surface area contributed by atoms with E-state index in [1.807, 2.05) is 12.1 Å². The lowest BCUT2D eigenvalue weighted by atomic mass is 9.96. The molecule has 0 N–H and O–H groups in total. The third-order valence-electron chi connectivity index (χ3n) is 2.88. The van der Waals surface area contributed by atoms with E-state index in [1.165, 1.54) is 7.11 Å². The second kappa shape index (κ2) is 3.43. The average Bonchev–Trinajstić information content (AvgIpc) is 3.09. The van der Waals surface area contributed by atoms with Crippen LogP contribution in [0, 0.1) is 12.3 Å². The Morgan fingerprint density at radius 2 is 2.00 bits per heavy atom. The van der Waals surface area contributed by atoms with Crippen molar-refractivity contribution < 1.29 is 9.53 Å². The number of benzene rings is 1. The van der Waals surface area contributed by atoms with E-state index in [2.05, 4.69) is 10.7 Å². The molecule has 0 saturated heterocycles. The van der Waals surface area contributed by atoms with Crippen molar-refractivity contribution in [2.45, 2.75) is 18.3 Å². The second-order valence-corrected chi connectivity index (χ2v) is 3.80. The molecular weight excluding hydrogens is 188 g/mol. The first kappa shape index (κ1) is 9.79. The first-order valence-corrected chi connectivity index (χ1v) is 4.88. The number of methoxy groups -OCH3 is 1. The maximum absolute atomic E-state index is 11.2. The van der Waals surface area contributed by atoms with Crippen molar-refractivity contribution >= 4 is 5.97 Å². The molecule has 1 fully saturated rings. The minimum absolute atomic E-state index is 0.0609. The van der Waals surface area contributed by atoms with Crippen LogP contribution < -0.4 is 0 Å². The molecule has 1 aromatic carbocycles. The van der Waals surface area contributed by atoms with E-state index in [9.17, 15) is 4.79 Å². The van der Waals surface area contributed by atoms with Crippen LogP contribution in [0.5, 0.6) is 0 Å². The third kappa shape index (κ3) is 1.61. The summed E-state index contributed by atoms with van der Waals surface area (Å²) in [4.78, 5) is 11.2. The van der Waals surface area contributed by atoms with E-state index < -0.39 is 0 Å². The molecule has 1 aliphatic carbocycles. The van der Waals surface area contributed by atoms with Crippen LogP contribution in [0.3, 0.4) is 0 Å². The summed E-state index contributed by atoms with van der Waals surface area (Å²) in [5.41, 5.74) is 1.63. The van der Waals surface area contributed by atoms with Crippen LogP contribution in [0.1, 0.15) is 28.8 Å². The Bertz CT molecular complexity index is 419. The van der Waals surface area contributed by atoms with Gasteiger partial charge in [-0.2, -0.15) is 0 Å². The molecule has 1 aromatic rings. The van der Waals surface area contributed by atoms with Gasteiger partial charge in [-0.15, -0.1) is 6.42 Å². The predicted molar refractivity (Wildman–Crippen MR) is 57.5 cm³/mol. The van der Waals surface area contributed by atoms with Crippen molar-refractivity contribution in [2.75, 3.05) is 7.11 Å². The van der Waals surface area contributed by atoms with E-state index in [1.54, 1.807) is 12.1 Å². The lowest BCUT2D eigenvalue weighted by Gasteiger charge is -2.08. The van der Waals surface area contributed by atoms with Gasteiger partial charge >= 0.3 is 5.97 Å². The van der Waals surface area contributed by atoms with Gasteiger partial charge in [0.15, 0.2) is 0 Å². The molecule has 0 aromatic heterocycles. The fourth-order valence-electron chi connectivity index (χ4n) is 1.68. The zero-order chi connectivity index (χ0) is 10.9. The fourth-order valence-corrected chi connectivity index (χ4v) is 1.68. The Balaban J connectivity index is 2.26. The maximum Gasteiger partial charge on any atom is 0.337 e. The van der Waals surface area contributed by atoms with Gasteiger partial charge in [-0.3, -0.25) is 0 Å². The van der Waals surface area contributed by atoms with Crippen molar-refractivity contribution in [1.29, 1.82) is 0 Å². The van der Waals surface area contributed by atoms with E-state index in [-0.39, 0.29) is 11.4 Å². The molecule has 0 spiro atoms. The molecule has 1 aliphatic rings. The van der Waals surface area contributed by atoms with E-state index in [0.29, 0.717) is 5.56 Å². The predicted octanol–water partition coefficient (Wildman–Crippen LogP) is 2.14. The molecule has 76 valence electrons. The van der Waals surface area contributed by atoms with Crippen LogP contribution >= 0.6 is 0 Å². The van der Waals surface area contributed by atoms with Crippen molar-refractivity contribution in [2.24, 2.45) is 0 Å². The summed E-state index contributed by atoms with van der Waals surface area (Å²) < 4.78 is 4.62. The maximum atomic E-state index is 11.2. The van der Waals surface area contributed by atoms with Crippen LogP contribution in [0.25, 0.3) is 0 Å². The largest absolute Gasteiger partial charge is 0.465 e. The van der Waals surface area contributed by atoms with Gasteiger partial charge in [0.1, 0.15) is 0 Å². The van der Waals surface area contributed by atoms with Crippen LogP contribution in [-0.4, -0.2) is 13.1 Å². The number of carbonyl (C=O) groups is 1. The Hall–Kier alpha value is -1.75. The summed E-state index contributed by atoms with van der Waals surface area (Å²) in [6.07, 6.45) is 7.57. The van der Waals surface area contributed by atoms with Crippen LogP contribution in [-0.2, 0) is 10.2 Å². The minimum atomic E-state index is -0.313. The van der Waals surface area contributed by atoms with Gasteiger partial charge in [0, 0.05) is 0 Å². The molecular formula is C13H12O2. The third-order valence-corrected chi connectivity index (χ3v) is 2.88. The van der Waals surface area contributed by atoms with Crippen molar-refractivity contribution in [3.8, 4) is 12.3 Å². The van der Waals surface area contributed by atoms with Crippen molar-refractivity contribution in [1.82, 2.24) is 0 Å². The Labute approximate surface area is 89.3 Å². The van der Waals surface area contributed by atoms with E-state index in [4.69, 9.17) is 6.42 Å². The summed E-state index contributed by atoms with van der Waals surface area (Å²) >= 11 is 0. The highest BCUT2D eigenvalue weighted by atomic mass is 16.5. The smallest absolute Gasteiger partial charge is 0.337 e. The van der Waals surface area contributed by atoms with Crippen LogP contribution in [0.15, 0.2) is 24.3 Å². The van der Waals surface area contributed by atoms with Gasteiger partial charge in [-0.1, -0.05) is 18.1 Å². The molecule has 0 bridgehead atoms. The van der Waals surface area contributed by atoms with Gasteiger partial charge in [0.25, 0.3) is 0 Å². The second-order valence-electron chi connectivity index (χ2n) is 3.80. The van der Waals surface area contributed by atoms with Gasteiger partial charge in [0.2, 0.25) is 0 Å². The number of ether oxygens (including phenoxy) is 1. The summed E-state index contributed by atoms with van der Waals surface area (Å²) in [5, 5.41) is 0. The quantitative estimate of drug-likeness (QED) is 0.540. The molecule has 2 rings (SSSR count). The van der Waals surface area contributed by atoms with Crippen molar-refractivity contribution in [3.63, 3.8) is 0 Å². The molecule has 0 atom stereocenters. The molecule has 0 radical (unpaired) electrons. The normalized spacial score (nSPS) is 16.5. The Morgan fingerprint density at radius 3 is 2.40 bits per heavy atom.